The lowest BCUT2D eigenvalue weighted by molar-refractivity contribution is 0.434. The molecular formula is C12H17ClN4O. The lowest BCUT2D eigenvalue weighted by Gasteiger charge is -2.11. The van der Waals surface area contributed by atoms with Crippen LogP contribution >= 0.6 is 11.6 Å². The van der Waals surface area contributed by atoms with E-state index in [0.717, 1.165) is 12.4 Å². The zero-order chi connectivity index (χ0) is 13.1. The molecule has 0 amide bonds. The number of nitrogens with zero attached hydrogens (tertiary/aromatic N) is 3. The number of furan rings is 1. The van der Waals surface area contributed by atoms with Gasteiger partial charge in [-0.25, -0.2) is 9.67 Å². The van der Waals surface area contributed by atoms with E-state index >= 15 is 0 Å². The molecule has 5 nitrogen and oxygen atoms in total. The van der Waals surface area contributed by atoms with Crippen LogP contribution in [0.25, 0.3) is 0 Å². The molecule has 0 bridgehead atoms. The van der Waals surface area contributed by atoms with Gasteiger partial charge in [-0.3, -0.25) is 0 Å². The molecule has 1 unspecified atom stereocenters. The number of aromatic nitrogens is 3. The van der Waals surface area contributed by atoms with Crippen LogP contribution in [0.2, 0.25) is 5.22 Å². The lowest BCUT2D eigenvalue weighted by atomic mass is 10.1. The number of hydrogen-bond donors (Lipinski definition) is 1. The van der Waals surface area contributed by atoms with Crippen LogP contribution in [0.4, 0.5) is 0 Å². The SMILES string of the molecule is CC(C)Cn1ncnc1CC(N)c1ccc(Cl)o1. The molecule has 0 aromatic carbocycles. The predicted molar refractivity (Wildman–Crippen MR) is 69.2 cm³/mol. The van der Waals surface area contributed by atoms with Gasteiger partial charge < -0.3 is 10.2 Å². The Labute approximate surface area is 111 Å². The highest BCUT2D eigenvalue weighted by Crippen LogP contribution is 2.20. The van der Waals surface area contributed by atoms with Gasteiger partial charge in [-0.05, 0) is 29.7 Å². The Morgan fingerprint density at radius 3 is 2.83 bits per heavy atom. The van der Waals surface area contributed by atoms with Crippen molar-refractivity contribution in [3.05, 3.63) is 35.3 Å². The van der Waals surface area contributed by atoms with Crippen LogP contribution in [0.15, 0.2) is 22.9 Å². The van der Waals surface area contributed by atoms with Gasteiger partial charge >= 0.3 is 0 Å². The Morgan fingerprint density at radius 1 is 1.44 bits per heavy atom. The fourth-order valence-corrected chi connectivity index (χ4v) is 1.92. The zero-order valence-corrected chi connectivity index (χ0v) is 11.3. The molecule has 6 heteroatoms. The summed E-state index contributed by atoms with van der Waals surface area (Å²) in [6, 6.07) is 3.22. The first-order valence-corrected chi connectivity index (χ1v) is 6.31. The summed E-state index contributed by atoms with van der Waals surface area (Å²) < 4.78 is 7.18. The number of hydrogen-bond acceptors (Lipinski definition) is 4. The van der Waals surface area contributed by atoms with Gasteiger partial charge in [0.1, 0.15) is 17.9 Å². The second-order valence-corrected chi connectivity index (χ2v) is 5.08. The van der Waals surface area contributed by atoms with Gasteiger partial charge in [0.15, 0.2) is 5.22 Å². The van der Waals surface area contributed by atoms with E-state index in [1.807, 2.05) is 4.68 Å². The number of halogens is 1. The first kappa shape index (κ1) is 13.1. The van der Waals surface area contributed by atoms with Gasteiger partial charge in [0.25, 0.3) is 0 Å². The van der Waals surface area contributed by atoms with Crippen molar-refractivity contribution in [2.24, 2.45) is 11.7 Å². The monoisotopic (exact) mass is 268 g/mol. The summed E-state index contributed by atoms with van der Waals surface area (Å²) in [4.78, 5) is 4.24. The van der Waals surface area contributed by atoms with Gasteiger partial charge in [0.05, 0.1) is 6.04 Å². The molecule has 0 aliphatic heterocycles. The fourth-order valence-electron chi connectivity index (χ4n) is 1.77. The molecule has 0 saturated heterocycles. The van der Waals surface area contributed by atoms with Crippen LogP contribution in [0.5, 0.6) is 0 Å². The average molecular weight is 269 g/mol. The first-order chi connectivity index (χ1) is 8.56. The largest absolute Gasteiger partial charge is 0.448 e. The lowest BCUT2D eigenvalue weighted by Crippen LogP contribution is -2.18. The second-order valence-electron chi connectivity index (χ2n) is 4.70. The fraction of sp³-hybridized carbons (Fsp3) is 0.500. The minimum atomic E-state index is -0.257. The Morgan fingerprint density at radius 2 is 2.22 bits per heavy atom. The molecule has 0 aliphatic rings. The van der Waals surface area contributed by atoms with Crippen LogP contribution in [0.3, 0.4) is 0 Å². The molecule has 2 aromatic rings. The molecule has 2 N–H and O–H groups in total. The maximum Gasteiger partial charge on any atom is 0.193 e. The Kier molecular flexibility index (Phi) is 4.04. The highest BCUT2D eigenvalue weighted by Gasteiger charge is 2.15. The van der Waals surface area contributed by atoms with E-state index in [1.54, 1.807) is 18.5 Å². The summed E-state index contributed by atoms with van der Waals surface area (Å²) in [5.41, 5.74) is 6.07. The predicted octanol–water partition coefficient (Wildman–Crippen LogP) is 2.42. The third-order valence-corrected chi connectivity index (χ3v) is 2.80. The van der Waals surface area contributed by atoms with E-state index in [2.05, 4.69) is 23.9 Å². The van der Waals surface area contributed by atoms with Crippen molar-refractivity contribution in [3.63, 3.8) is 0 Å². The van der Waals surface area contributed by atoms with Gasteiger partial charge in [-0.2, -0.15) is 5.10 Å². The summed E-state index contributed by atoms with van der Waals surface area (Å²) in [5, 5.41) is 4.55. The molecule has 18 heavy (non-hydrogen) atoms. The van der Waals surface area contributed by atoms with Crippen LogP contribution in [-0.2, 0) is 13.0 Å². The molecule has 0 fully saturated rings. The highest BCUT2D eigenvalue weighted by molar-refractivity contribution is 6.28. The van der Waals surface area contributed by atoms with E-state index in [9.17, 15) is 0 Å². The minimum Gasteiger partial charge on any atom is -0.448 e. The summed E-state index contributed by atoms with van der Waals surface area (Å²) in [6.07, 6.45) is 2.14. The van der Waals surface area contributed by atoms with Crippen LogP contribution in [0.1, 0.15) is 31.5 Å². The number of nitrogens with two attached hydrogens (primary N) is 1. The summed E-state index contributed by atoms with van der Waals surface area (Å²) in [5.74, 6) is 2.04. The van der Waals surface area contributed by atoms with E-state index in [-0.39, 0.29) is 6.04 Å². The first-order valence-electron chi connectivity index (χ1n) is 5.93. The van der Waals surface area contributed by atoms with Crippen molar-refractivity contribution >= 4 is 11.6 Å². The molecule has 0 saturated carbocycles. The maximum atomic E-state index is 6.07. The molecule has 0 radical (unpaired) electrons. The Hall–Kier alpha value is -1.33. The standard InChI is InChI=1S/C12H17ClN4O/c1-8(2)6-17-12(15-7-16-17)5-9(14)10-3-4-11(13)18-10/h3-4,7-9H,5-6,14H2,1-2H3. The molecule has 0 spiro atoms. The van der Waals surface area contributed by atoms with E-state index in [0.29, 0.717) is 23.3 Å². The second kappa shape index (κ2) is 5.54. The van der Waals surface area contributed by atoms with Crippen molar-refractivity contribution < 1.29 is 4.42 Å². The third kappa shape index (κ3) is 3.11. The Bertz CT molecular complexity index is 506. The van der Waals surface area contributed by atoms with E-state index < -0.39 is 0 Å². The highest BCUT2D eigenvalue weighted by atomic mass is 35.5. The van der Waals surface area contributed by atoms with Gasteiger partial charge in [0.2, 0.25) is 0 Å². The van der Waals surface area contributed by atoms with Crippen molar-refractivity contribution in [1.82, 2.24) is 14.8 Å². The van der Waals surface area contributed by atoms with E-state index in [4.69, 9.17) is 21.8 Å². The molecule has 1 atom stereocenters. The topological polar surface area (TPSA) is 69.9 Å². The van der Waals surface area contributed by atoms with Gasteiger partial charge in [0, 0.05) is 13.0 Å². The smallest absolute Gasteiger partial charge is 0.193 e. The van der Waals surface area contributed by atoms with Gasteiger partial charge in [-0.15, -0.1) is 0 Å². The summed E-state index contributed by atoms with van der Waals surface area (Å²) >= 11 is 5.73. The molecular weight excluding hydrogens is 252 g/mol. The van der Waals surface area contributed by atoms with Crippen LogP contribution in [0, 0.1) is 5.92 Å². The Balaban J connectivity index is 2.07. The van der Waals surface area contributed by atoms with E-state index in [1.165, 1.54) is 0 Å². The normalized spacial score (nSPS) is 13.2. The molecule has 2 heterocycles. The summed E-state index contributed by atoms with van der Waals surface area (Å²) in [6.45, 7) is 5.11. The zero-order valence-electron chi connectivity index (χ0n) is 10.5. The maximum absolute atomic E-state index is 6.07. The average Bonchev–Trinajstić information content (AvgIpc) is 2.88. The quantitative estimate of drug-likeness (QED) is 0.904. The third-order valence-electron chi connectivity index (χ3n) is 2.60. The molecule has 2 aromatic heterocycles. The van der Waals surface area contributed by atoms with Crippen molar-refractivity contribution in [2.45, 2.75) is 32.9 Å². The molecule has 2 rings (SSSR count). The van der Waals surface area contributed by atoms with Crippen molar-refractivity contribution in [3.8, 4) is 0 Å². The van der Waals surface area contributed by atoms with Gasteiger partial charge in [-0.1, -0.05) is 13.8 Å². The summed E-state index contributed by atoms with van der Waals surface area (Å²) in [7, 11) is 0. The minimum absolute atomic E-state index is 0.257. The van der Waals surface area contributed by atoms with Crippen molar-refractivity contribution in [1.29, 1.82) is 0 Å². The van der Waals surface area contributed by atoms with Crippen LogP contribution in [-0.4, -0.2) is 14.8 Å². The van der Waals surface area contributed by atoms with Crippen molar-refractivity contribution in [2.75, 3.05) is 0 Å². The number of rotatable bonds is 5. The molecule has 0 aliphatic carbocycles. The van der Waals surface area contributed by atoms with Crippen LogP contribution < -0.4 is 5.73 Å². The molecule has 98 valence electrons.